The number of nitrogen functional groups attached to an aromatic ring is 1. The van der Waals surface area contributed by atoms with Gasteiger partial charge < -0.3 is 20.9 Å². The van der Waals surface area contributed by atoms with E-state index in [0.717, 1.165) is 32.5 Å². The molecule has 13 heteroatoms. The molecule has 4 heterocycles. The lowest BCUT2D eigenvalue weighted by molar-refractivity contribution is 0.0526. The van der Waals surface area contributed by atoms with E-state index in [1.54, 1.807) is 25.4 Å². The van der Waals surface area contributed by atoms with Crippen LogP contribution in [0.25, 0.3) is 0 Å². The van der Waals surface area contributed by atoms with E-state index >= 15 is 0 Å². The SMILES string of the molecule is C=C(NC)SC(=N)c1cnc(N2CCN(C3CCN(C(=O)c4ccc(Cl)nc4N)CC3)[C@@H](C)C2)c(Cl)n1. The number of carbonyl (C=O) groups is 1. The summed E-state index contributed by atoms with van der Waals surface area (Å²) < 4.78 is 0. The molecule has 198 valence electrons. The lowest BCUT2D eigenvalue weighted by atomic mass is 9.99. The Labute approximate surface area is 231 Å². The summed E-state index contributed by atoms with van der Waals surface area (Å²) in [6.07, 6.45) is 3.38. The van der Waals surface area contributed by atoms with Crippen LogP contribution in [0.3, 0.4) is 0 Å². The van der Waals surface area contributed by atoms with E-state index in [2.05, 4.69) is 43.6 Å². The van der Waals surface area contributed by atoms with E-state index in [-0.39, 0.29) is 28.0 Å². The number of carbonyl (C=O) groups excluding carboxylic acids is 1. The maximum absolute atomic E-state index is 12.9. The summed E-state index contributed by atoms with van der Waals surface area (Å²) in [5.41, 5.74) is 6.73. The summed E-state index contributed by atoms with van der Waals surface area (Å²) in [7, 11) is 1.75. The number of halogens is 2. The minimum atomic E-state index is -0.101. The van der Waals surface area contributed by atoms with Gasteiger partial charge in [0.05, 0.1) is 16.8 Å². The van der Waals surface area contributed by atoms with Crippen LogP contribution in [-0.2, 0) is 0 Å². The first kappa shape index (κ1) is 27.4. The number of thioether (sulfide) groups is 1. The number of nitrogens with one attached hydrogen (secondary N) is 2. The number of piperidine rings is 1. The Morgan fingerprint density at radius 3 is 2.57 bits per heavy atom. The predicted octanol–water partition coefficient (Wildman–Crippen LogP) is 3.33. The van der Waals surface area contributed by atoms with Crippen molar-refractivity contribution in [3.05, 3.63) is 51.5 Å². The van der Waals surface area contributed by atoms with Crippen molar-refractivity contribution in [1.29, 1.82) is 5.41 Å². The third-order valence-electron chi connectivity index (χ3n) is 6.77. The molecule has 4 N–H and O–H groups in total. The Morgan fingerprint density at radius 1 is 1.22 bits per heavy atom. The predicted molar refractivity (Wildman–Crippen MR) is 151 cm³/mol. The number of hydrogen-bond acceptors (Lipinski definition) is 10. The highest BCUT2D eigenvalue weighted by molar-refractivity contribution is 8.17. The largest absolute Gasteiger partial charge is 0.383 e. The summed E-state index contributed by atoms with van der Waals surface area (Å²) in [5.74, 6) is 0.700. The standard InChI is InChI=1S/C24H31Cl2N9OS/c1-14-13-34(23-20(26)31-18(12-30-23)22(28)37-15(2)29-3)10-11-35(14)16-6-8-33(9-7-16)24(36)17-4-5-19(25)32-21(17)27/h4-5,12,14,16,28-29H,2,6-11,13H2,1,3H3,(H2,27,32)/t14-/m0/s1. The van der Waals surface area contributed by atoms with Crippen LogP contribution in [-0.4, -0.2) is 87.6 Å². The van der Waals surface area contributed by atoms with Crippen molar-refractivity contribution in [2.24, 2.45) is 0 Å². The molecule has 2 aromatic rings. The van der Waals surface area contributed by atoms with Gasteiger partial charge in [-0.25, -0.2) is 15.0 Å². The third kappa shape index (κ3) is 6.28. The van der Waals surface area contributed by atoms with Crippen LogP contribution in [0.2, 0.25) is 10.3 Å². The van der Waals surface area contributed by atoms with Crippen LogP contribution >= 0.6 is 35.0 Å². The van der Waals surface area contributed by atoms with Crippen molar-refractivity contribution in [1.82, 2.24) is 30.1 Å². The molecule has 2 fully saturated rings. The van der Waals surface area contributed by atoms with Gasteiger partial charge in [0.25, 0.3) is 5.91 Å². The van der Waals surface area contributed by atoms with Crippen LogP contribution in [0.4, 0.5) is 11.6 Å². The van der Waals surface area contributed by atoms with E-state index in [1.165, 1.54) is 11.8 Å². The van der Waals surface area contributed by atoms with Gasteiger partial charge in [-0.3, -0.25) is 15.1 Å². The normalized spacial score (nSPS) is 19.1. The van der Waals surface area contributed by atoms with Crippen LogP contribution in [0.15, 0.2) is 29.9 Å². The second kappa shape index (κ2) is 11.8. The van der Waals surface area contributed by atoms with Crippen LogP contribution in [0.1, 0.15) is 35.8 Å². The highest BCUT2D eigenvalue weighted by Crippen LogP contribution is 2.29. The first-order valence-electron chi connectivity index (χ1n) is 12.1. The van der Waals surface area contributed by atoms with Crippen LogP contribution in [0, 0.1) is 5.41 Å². The Bertz CT molecular complexity index is 1190. The number of piperazine rings is 1. The maximum Gasteiger partial charge on any atom is 0.257 e. The average Bonchev–Trinajstić information content (AvgIpc) is 2.88. The molecule has 0 unspecified atom stereocenters. The topological polar surface area (TPSA) is 127 Å². The molecule has 0 bridgehead atoms. The Balaban J connectivity index is 1.33. The minimum Gasteiger partial charge on any atom is -0.383 e. The van der Waals surface area contributed by atoms with Gasteiger partial charge in [0.2, 0.25) is 0 Å². The van der Waals surface area contributed by atoms with E-state index in [0.29, 0.717) is 46.4 Å². The number of aromatic nitrogens is 3. The van der Waals surface area contributed by atoms with Gasteiger partial charge in [-0.15, -0.1) is 0 Å². The van der Waals surface area contributed by atoms with Crippen molar-refractivity contribution < 1.29 is 4.79 Å². The van der Waals surface area contributed by atoms with E-state index in [4.69, 9.17) is 34.3 Å². The molecule has 0 radical (unpaired) electrons. The Morgan fingerprint density at radius 2 is 1.95 bits per heavy atom. The van der Waals surface area contributed by atoms with E-state index in [9.17, 15) is 4.79 Å². The number of amides is 1. The lowest BCUT2D eigenvalue weighted by Gasteiger charge is -2.46. The molecular weight excluding hydrogens is 533 g/mol. The lowest BCUT2D eigenvalue weighted by Crippen LogP contribution is -2.58. The Hall–Kier alpha value is -2.60. The molecule has 0 spiro atoms. The molecule has 2 aliphatic heterocycles. The molecule has 10 nitrogen and oxygen atoms in total. The zero-order chi connectivity index (χ0) is 26.7. The maximum atomic E-state index is 12.9. The monoisotopic (exact) mass is 563 g/mol. The fourth-order valence-corrected chi connectivity index (χ4v) is 5.78. The van der Waals surface area contributed by atoms with Gasteiger partial charge >= 0.3 is 0 Å². The second-order valence-corrected chi connectivity index (χ2v) is 10.9. The van der Waals surface area contributed by atoms with Gasteiger partial charge in [-0.2, -0.15) is 0 Å². The highest BCUT2D eigenvalue weighted by Gasteiger charge is 2.34. The zero-order valence-electron chi connectivity index (χ0n) is 20.9. The molecule has 2 saturated heterocycles. The molecular formula is C24H31Cl2N9OS. The van der Waals surface area contributed by atoms with Crippen LogP contribution in [0.5, 0.6) is 0 Å². The minimum absolute atomic E-state index is 0.101. The van der Waals surface area contributed by atoms with E-state index < -0.39 is 0 Å². The average molecular weight is 565 g/mol. The summed E-state index contributed by atoms with van der Waals surface area (Å²) >= 11 is 13.5. The summed E-state index contributed by atoms with van der Waals surface area (Å²) in [6.45, 7) is 9.76. The summed E-state index contributed by atoms with van der Waals surface area (Å²) in [5, 5.41) is 12.6. The van der Waals surface area contributed by atoms with Gasteiger partial charge in [0.15, 0.2) is 11.0 Å². The molecule has 0 aromatic carbocycles. The number of nitrogens with two attached hydrogens (primary N) is 1. The van der Waals surface area contributed by atoms with Gasteiger partial charge in [-0.1, -0.05) is 41.5 Å². The number of pyridine rings is 1. The first-order valence-corrected chi connectivity index (χ1v) is 13.6. The highest BCUT2D eigenvalue weighted by atomic mass is 35.5. The number of anilines is 2. The van der Waals surface area contributed by atoms with Crippen molar-refractivity contribution in [3.63, 3.8) is 0 Å². The fraction of sp³-hybridized carbons (Fsp3) is 0.458. The molecule has 4 rings (SSSR count). The molecule has 2 aliphatic rings. The summed E-state index contributed by atoms with van der Waals surface area (Å²) in [6, 6.07) is 3.90. The fourth-order valence-electron chi connectivity index (χ4n) is 4.82. The van der Waals surface area contributed by atoms with Gasteiger partial charge in [0, 0.05) is 51.9 Å². The molecule has 0 aliphatic carbocycles. The molecule has 2 aromatic heterocycles. The first-order chi connectivity index (χ1) is 17.7. The van der Waals surface area contributed by atoms with Crippen molar-refractivity contribution >= 4 is 57.6 Å². The molecule has 37 heavy (non-hydrogen) atoms. The molecule has 1 atom stereocenters. The third-order valence-corrected chi connectivity index (χ3v) is 8.10. The Kier molecular flexibility index (Phi) is 8.79. The summed E-state index contributed by atoms with van der Waals surface area (Å²) in [4.78, 5) is 32.4. The van der Waals surface area contributed by atoms with Gasteiger partial charge in [-0.05, 0) is 31.9 Å². The second-order valence-electron chi connectivity index (χ2n) is 9.10. The van der Waals surface area contributed by atoms with Crippen molar-refractivity contribution in [3.8, 4) is 0 Å². The van der Waals surface area contributed by atoms with Gasteiger partial charge in [0.1, 0.15) is 21.7 Å². The number of rotatable bonds is 6. The molecule has 1 amide bonds. The zero-order valence-corrected chi connectivity index (χ0v) is 23.2. The smallest absolute Gasteiger partial charge is 0.257 e. The number of nitrogens with zero attached hydrogens (tertiary/aromatic N) is 6. The number of likely N-dealkylation sites (tertiary alicyclic amines) is 1. The number of hydrogen-bond donors (Lipinski definition) is 3. The van der Waals surface area contributed by atoms with Crippen molar-refractivity contribution in [2.45, 2.75) is 31.8 Å². The van der Waals surface area contributed by atoms with E-state index in [1.807, 2.05) is 4.90 Å². The quantitative estimate of drug-likeness (QED) is 0.275. The van der Waals surface area contributed by atoms with Crippen LogP contribution < -0.4 is 16.0 Å². The van der Waals surface area contributed by atoms with Crippen molar-refractivity contribution in [2.75, 3.05) is 50.4 Å². The molecule has 0 saturated carbocycles.